The maximum atomic E-state index is 12.8. The maximum Gasteiger partial charge on any atom is 0.508 e. The first-order chi connectivity index (χ1) is 29.4. The zero-order valence-electron chi connectivity index (χ0n) is 39.5. The molecule has 0 saturated carbocycles. The molecular formula is C50H93N3O7. The molecule has 0 spiro atoms. The highest BCUT2D eigenvalue weighted by molar-refractivity contribution is 5.73. The van der Waals surface area contributed by atoms with Gasteiger partial charge in [-0.2, -0.15) is 0 Å². The largest absolute Gasteiger partial charge is 0.508 e. The van der Waals surface area contributed by atoms with Crippen LogP contribution in [0.25, 0.3) is 0 Å². The van der Waals surface area contributed by atoms with Gasteiger partial charge in [0.1, 0.15) is 17.5 Å². The quantitative estimate of drug-likeness (QED) is 0.0372. The van der Waals surface area contributed by atoms with Crippen LogP contribution in [0.1, 0.15) is 233 Å². The van der Waals surface area contributed by atoms with Crippen LogP contribution < -0.4 is 21.5 Å². The monoisotopic (exact) mass is 848 g/mol. The van der Waals surface area contributed by atoms with Crippen molar-refractivity contribution in [3.8, 4) is 0 Å². The van der Waals surface area contributed by atoms with E-state index in [9.17, 15) is 19.2 Å². The zero-order chi connectivity index (χ0) is 43.7. The van der Waals surface area contributed by atoms with E-state index in [4.69, 9.17) is 14.2 Å². The maximum absolute atomic E-state index is 12.8. The average Bonchev–Trinajstić information content (AvgIpc) is 3.24. The first-order valence-electron chi connectivity index (χ1n) is 25.3. The van der Waals surface area contributed by atoms with Crippen molar-refractivity contribution in [1.29, 1.82) is 0 Å². The van der Waals surface area contributed by atoms with Crippen molar-refractivity contribution in [1.82, 2.24) is 4.90 Å². The highest BCUT2D eigenvalue weighted by Gasteiger charge is 2.19. The number of hydrogen-bond acceptors (Lipinski definition) is 10. The third-order valence-electron chi connectivity index (χ3n) is 11.8. The molecule has 0 atom stereocenters. The van der Waals surface area contributed by atoms with Gasteiger partial charge in [-0.1, -0.05) is 162 Å². The fraction of sp³-hybridized carbons (Fsp3) is 0.880. The fourth-order valence-electron chi connectivity index (χ4n) is 7.98. The van der Waals surface area contributed by atoms with E-state index in [1.807, 2.05) is 0 Å². The van der Waals surface area contributed by atoms with Gasteiger partial charge in [-0.25, -0.2) is 4.79 Å². The van der Waals surface area contributed by atoms with Crippen LogP contribution >= 0.6 is 0 Å². The van der Waals surface area contributed by atoms with Gasteiger partial charge in [-0.05, 0) is 83.8 Å². The van der Waals surface area contributed by atoms with Crippen LogP contribution in [0.2, 0.25) is 0 Å². The Balaban J connectivity index is 2.35. The van der Waals surface area contributed by atoms with Crippen molar-refractivity contribution in [3.63, 3.8) is 0 Å². The summed E-state index contributed by atoms with van der Waals surface area (Å²) < 4.78 is 16.6. The molecule has 0 radical (unpaired) electrons. The lowest BCUT2D eigenvalue weighted by molar-refractivity contribution is -0.150. The van der Waals surface area contributed by atoms with Crippen LogP contribution in [0.3, 0.4) is 0 Å². The number of carbonyl (C=O) groups is 2. The molecule has 60 heavy (non-hydrogen) atoms. The minimum Gasteiger partial charge on any atom is -0.462 e. The number of carbonyl (C=O) groups excluding carboxylic acids is 2. The molecule has 0 saturated heterocycles. The Labute approximate surface area is 367 Å². The van der Waals surface area contributed by atoms with Gasteiger partial charge in [0.15, 0.2) is 0 Å². The molecule has 0 heterocycles. The molecule has 2 N–H and O–H groups in total. The molecule has 0 amide bonds. The second-order valence-corrected chi connectivity index (χ2v) is 17.4. The molecule has 350 valence electrons. The molecule has 10 nitrogen and oxygen atoms in total. The summed E-state index contributed by atoms with van der Waals surface area (Å²) in [6, 6.07) is 0. The van der Waals surface area contributed by atoms with Crippen molar-refractivity contribution in [3.05, 3.63) is 20.4 Å². The molecule has 1 aromatic rings. The van der Waals surface area contributed by atoms with Gasteiger partial charge >= 0.3 is 12.1 Å². The topological polar surface area (TPSA) is 123 Å². The summed E-state index contributed by atoms with van der Waals surface area (Å²) in [5.74, 6) is -0.0112. The lowest BCUT2D eigenvalue weighted by atomic mass is 10.0. The summed E-state index contributed by atoms with van der Waals surface area (Å²) in [5.41, 5.74) is -0.0995. The van der Waals surface area contributed by atoms with Crippen molar-refractivity contribution in [2.24, 2.45) is 0 Å². The predicted molar refractivity (Wildman–Crippen MR) is 252 cm³/mol. The van der Waals surface area contributed by atoms with Crippen LogP contribution in [0.5, 0.6) is 0 Å². The van der Waals surface area contributed by atoms with Gasteiger partial charge < -0.3 is 29.7 Å². The molecule has 0 unspecified atom stereocenters. The second-order valence-electron chi connectivity index (χ2n) is 17.4. The minimum atomic E-state index is -0.547. The lowest BCUT2D eigenvalue weighted by Gasteiger charge is -2.23. The van der Waals surface area contributed by atoms with E-state index in [0.29, 0.717) is 37.6 Å². The van der Waals surface area contributed by atoms with E-state index in [2.05, 4.69) is 36.3 Å². The highest BCUT2D eigenvalue weighted by atomic mass is 16.7. The molecule has 0 bridgehead atoms. The fourth-order valence-corrected chi connectivity index (χ4v) is 7.98. The summed E-state index contributed by atoms with van der Waals surface area (Å²) in [6.07, 6.45) is 37.1. The first kappa shape index (κ1) is 55.4. The van der Waals surface area contributed by atoms with Crippen molar-refractivity contribution in [2.45, 2.75) is 239 Å². The van der Waals surface area contributed by atoms with E-state index in [0.717, 1.165) is 122 Å². The molecular weight excluding hydrogens is 755 g/mol. The third kappa shape index (κ3) is 30.4. The van der Waals surface area contributed by atoms with E-state index >= 15 is 0 Å². The van der Waals surface area contributed by atoms with Gasteiger partial charge in [0.05, 0.1) is 13.2 Å². The van der Waals surface area contributed by atoms with E-state index < -0.39 is 17.0 Å². The normalized spacial score (nSPS) is 11.5. The Morgan fingerprint density at radius 2 is 0.900 bits per heavy atom. The molecule has 0 aromatic heterocycles. The van der Waals surface area contributed by atoms with E-state index in [1.165, 1.54) is 103 Å². The third-order valence-corrected chi connectivity index (χ3v) is 11.8. The molecule has 0 aliphatic carbocycles. The molecule has 1 rings (SSSR count). The lowest BCUT2D eigenvalue weighted by Crippen LogP contribution is -2.37. The van der Waals surface area contributed by atoms with Gasteiger partial charge in [-0.15, -0.1) is 0 Å². The number of nitrogens with zero attached hydrogens (tertiary/aromatic N) is 1. The summed E-state index contributed by atoms with van der Waals surface area (Å²) in [4.78, 5) is 51.0. The number of esters is 1. The van der Waals surface area contributed by atoms with E-state index in [-0.39, 0.29) is 12.1 Å². The second kappa shape index (κ2) is 40.5. The Bertz CT molecular complexity index is 1200. The van der Waals surface area contributed by atoms with E-state index in [1.54, 1.807) is 7.05 Å². The number of nitrogens with one attached hydrogen (secondary N) is 2. The van der Waals surface area contributed by atoms with Crippen LogP contribution in [0.15, 0.2) is 9.59 Å². The van der Waals surface area contributed by atoms with Crippen LogP contribution in [0, 0.1) is 0 Å². The van der Waals surface area contributed by atoms with Crippen molar-refractivity contribution in [2.75, 3.05) is 57.1 Å². The van der Waals surface area contributed by atoms with Gasteiger partial charge in [-0.3, -0.25) is 14.4 Å². The van der Waals surface area contributed by atoms with Crippen molar-refractivity contribution >= 4 is 23.5 Å². The summed E-state index contributed by atoms with van der Waals surface area (Å²) >= 11 is 0. The molecule has 0 aliphatic rings. The first-order valence-corrected chi connectivity index (χ1v) is 25.3. The smallest absolute Gasteiger partial charge is 0.462 e. The van der Waals surface area contributed by atoms with Gasteiger partial charge in [0.25, 0.3) is 10.9 Å². The SMILES string of the molecule is CCCCCCCCCCOC(=O)OCCCCCCN(CCCCCCCC(=O)OC(CCCCCCCC)CCCCCCCC)CCCNc1c(NC)c(=O)c1=O. The molecule has 0 fully saturated rings. The molecule has 10 heteroatoms. The number of hydrogen-bond donors (Lipinski definition) is 2. The Kier molecular flexibility index (Phi) is 37.3. The number of unbranched alkanes of at least 4 members (excludes halogenated alkanes) is 24. The Hall–Kier alpha value is -2.62. The minimum absolute atomic E-state index is 0.0112. The highest BCUT2D eigenvalue weighted by Crippen LogP contribution is 2.19. The summed E-state index contributed by atoms with van der Waals surface area (Å²) in [5, 5.41) is 5.99. The Morgan fingerprint density at radius 3 is 1.38 bits per heavy atom. The Morgan fingerprint density at radius 1 is 0.500 bits per heavy atom. The average molecular weight is 848 g/mol. The number of ether oxygens (including phenoxy) is 3. The standard InChI is InChI=1S/C50H93N3O7/c1-5-8-11-14-17-18-25-32-42-58-50(57)59-43-33-26-24-31-40-53(41-34-38-52-47-46(51-4)48(55)49(47)56)39-30-23-19-22-29-37-45(54)60-44(35-27-20-15-12-9-6-2)36-28-21-16-13-10-7-3/h44,51-52H,5-43H2,1-4H3. The number of rotatable bonds is 45. The predicted octanol–water partition coefficient (Wildman–Crippen LogP) is 13.0. The van der Waals surface area contributed by atoms with Crippen molar-refractivity contribution < 1.29 is 23.8 Å². The van der Waals surface area contributed by atoms with Crippen LogP contribution in [-0.2, 0) is 19.0 Å². The number of anilines is 2. The summed E-state index contributed by atoms with van der Waals surface area (Å²) in [7, 11) is 1.66. The van der Waals surface area contributed by atoms with Crippen LogP contribution in [-0.4, -0.2) is 69.6 Å². The molecule has 0 aliphatic heterocycles. The zero-order valence-corrected chi connectivity index (χ0v) is 39.5. The summed E-state index contributed by atoms with van der Waals surface area (Å²) in [6.45, 7) is 11.1. The van der Waals surface area contributed by atoms with Crippen LogP contribution in [0.4, 0.5) is 16.2 Å². The van der Waals surface area contributed by atoms with Gasteiger partial charge in [0, 0.05) is 20.0 Å². The van der Waals surface area contributed by atoms with Gasteiger partial charge in [0.2, 0.25) is 0 Å². The molecule has 1 aromatic carbocycles.